The van der Waals surface area contributed by atoms with Crippen molar-refractivity contribution in [2.75, 3.05) is 11.1 Å². The van der Waals surface area contributed by atoms with E-state index >= 15 is 0 Å². The van der Waals surface area contributed by atoms with Crippen molar-refractivity contribution in [2.45, 2.75) is 11.6 Å². The molecule has 0 bridgehead atoms. The molecule has 11 heteroatoms. The molecule has 4 rings (SSSR count). The molecule has 2 aromatic carbocycles. The van der Waals surface area contributed by atoms with Gasteiger partial charge in [-0.1, -0.05) is 29.3 Å². The number of amides is 1. The Kier molecular flexibility index (Phi) is 5.85. The number of aryl methyl sites for hydroxylation is 1. The molecule has 0 aliphatic carbocycles. The number of anilines is 1. The number of nitrogens with zero attached hydrogens (tertiary/aromatic N) is 2. The molecule has 3 aromatic rings. The summed E-state index contributed by atoms with van der Waals surface area (Å²) in [6.07, 6.45) is -4.78. The van der Waals surface area contributed by atoms with E-state index in [0.29, 0.717) is 32.7 Å². The Bertz CT molecular complexity index is 1150. The van der Waals surface area contributed by atoms with E-state index < -0.39 is 6.36 Å². The van der Waals surface area contributed by atoms with Crippen LogP contribution in [0, 0.1) is 0 Å². The third kappa shape index (κ3) is 4.63. The number of halogens is 5. The van der Waals surface area contributed by atoms with Crippen molar-refractivity contribution in [3.05, 3.63) is 63.6 Å². The zero-order chi connectivity index (χ0) is 22.3. The number of rotatable bonds is 3. The minimum Gasteiger partial charge on any atom is -0.406 e. The highest BCUT2D eigenvalue weighted by atomic mass is 35.5. The first kappa shape index (κ1) is 21.9. The van der Waals surface area contributed by atoms with Gasteiger partial charge in [-0.2, -0.15) is 5.10 Å². The average Bonchev–Trinajstić information content (AvgIpc) is 2.88. The summed E-state index contributed by atoms with van der Waals surface area (Å²) in [5.74, 6) is 0.160. The summed E-state index contributed by atoms with van der Waals surface area (Å²) in [5, 5.41) is 7.94. The van der Waals surface area contributed by atoms with Crippen LogP contribution in [0.25, 0.3) is 11.3 Å². The molecule has 5 nitrogen and oxygen atoms in total. The van der Waals surface area contributed by atoms with E-state index in [0.717, 1.165) is 5.56 Å². The monoisotopic (exact) mass is 487 g/mol. The molecule has 162 valence electrons. The maximum Gasteiger partial charge on any atom is 0.573 e. The van der Waals surface area contributed by atoms with Gasteiger partial charge in [-0.3, -0.25) is 9.48 Å². The number of carbonyl (C=O) groups is 1. The van der Waals surface area contributed by atoms with Crippen LogP contribution in [0.1, 0.15) is 16.4 Å². The number of hydrogen-bond acceptors (Lipinski definition) is 4. The number of ether oxygens (including phenoxy) is 1. The fourth-order valence-electron chi connectivity index (χ4n) is 3.33. The molecule has 1 aromatic heterocycles. The van der Waals surface area contributed by atoms with Gasteiger partial charge in [0.05, 0.1) is 16.7 Å². The molecule has 1 aliphatic heterocycles. The lowest BCUT2D eigenvalue weighted by atomic mass is 9.99. The maximum absolute atomic E-state index is 12.5. The summed E-state index contributed by atoms with van der Waals surface area (Å²) >= 11 is 13.9. The third-order valence-electron chi connectivity index (χ3n) is 4.59. The van der Waals surface area contributed by atoms with Crippen molar-refractivity contribution < 1.29 is 22.7 Å². The zero-order valence-electron chi connectivity index (χ0n) is 15.8. The highest BCUT2D eigenvalue weighted by Crippen LogP contribution is 2.48. The van der Waals surface area contributed by atoms with Crippen molar-refractivity contribution in [1.29, 1.82) is 0 Å². The second-order valence-corrected chi connectivity index (χ2v) is 8.65. The standard InChI is InChI=1S/C20H14Cl2F3N3O2S/c1-28-19-16(17(27-28)10-2-5-12(6-3-10)30-20(23,24)25)18(31-9-15(29)26-19)13-7-4-11(21)8-14(13)22/h2-8,18H,9H2,1H3,(H,26,29). The van der Waals surface area contributed by atoms with E-state index in [1.807, 2.05) is 0 Å². The first-order valence-electron chi connectivity index (χ1n) is 8.92. The van der Waals surface area contributed by atoms with Crippen molar-refractivity contribution in [1.82, 2.24) is 9.78 Å². The van der Waals surface area contributed by atoms with E-state index in [1.165, 1.54) is 40.7 Å². The Hall–Kier alpha value is -2.36. The first-order valence-corrected chi connectivity index (χ1v) is 10.7. The summed E-state index contributed by atoms with van der Waals surface area (Å²) in [5.41, 5.74) is 2.53. The first-order chi connectivity index (χ1) is 14.6. The molecule has 1 unspecified atom stereocenters. The SMILES string of the molecule is Cn1nc(-c2ccc(OC(F)(F)F)cc2)c2c1NC(=O)CSC2c1ccc(Cl)cc1Cl. The molecule has 1 N–H and O–H groups in total. The van der Waals surface area contributed by atoms with Crippen molar-refractivity contribution in [3.63, 3.8) is 0 Å². The quantitative estimate of drug-likeness (QED) is 0.487. The number of hydrogen-bond donors (Lipinski definition) is 1. The van der Waals surface area contributed by atoms with Crippen LogP contribution in [-0.2, 0) is 11.8 Å². The molecule has 1 aliphatic rings. The highest BCUT2D eigenvalue weighted by molar-refractivity contribution is 8.00. The van der Waals surface area contributed by atoms with E-state index in [4.69, 9.17) is 23.2 Å². The Morgan fingerprint density at radius 1 is 1.19 bits per heavy atom. The normalized spacial score (nSPS) is 16.5. The van der Waals surface area contributed by atoms with Gasteiger partial charge in [0.2, 0.25) is 5.91 Å². The Labute approximate surface area is 189 Å². The topological polar surface area (TPSA) is 56.1 Å². The molecule has 2 heterocycles. The van der Waals surface area contributed by atoms with Gasteiger partial charge >= 0.3 is 6.36 Å². The molecule has 0 fully saturated rings. The number of fused-ring (bicyclic) bond motifs is 1. The lowest BCUT2D eigenvalue weighted by molar-refractivity contribution is -0.274. The molecule has 0 saturated heterocycles. The minimum absolute atomic E-state index is 0.191. The van der Waals surface area contributed by atoms with Crippen LogP contribution in [0.5, 0.6) is 5.75 Å². The van der Waals surface area contributed by atoms with Crippen LogP contribution >= 0.6 is 35.0 Å². The van der Waals surface area contributed by atoms with Gasteiger partial charge in [0.1, 0.15) is 11.6 Å². The number of aromatic nitrogens is 2. The van der Waals surface area contributed by atoms with Crippen LogP contribution < -0.4 is 10.1 Å². The second-order valence-electron chi connectivity index (χ2n) is 6.71. The van der Waals surface area contributed by atoms with Gasteiger partial charge in [0.25, 0.3) is 0 Å². The van der Waals surface area contributed by atoms with Crippen LogP contribution in [0.3, 0.4) is 0 Å². The van der Waals surface area contributed by atoms with Gasteiger partial charge in [0.15, 0.2) is 0 Å². The van der Waals surface area contributed by atoms with Crippen LogP contribution in [-0.4, -0.2) is 27.8 Å². The Morgan fingerprint density at radius 2 is 1.90 bits per heavy atom. The zero-order valence-corrected chi connectivity index (χ0v) is 18.2. The number of nitrogens with one attached hydrogen (secondary N) is 1. The fourth-order valence-corrected chi connectivity index (χ4v) is 5.08. The molecular weight excluding hydrogens is 474 g/mol. The highest BCUT2D eigenvalue weighted by Gasteiger charge is 2.33. The van der Waals surface area contributed by atoms with Crippen LogP contribution in [0.15, 0.2) is 42.5 Å². The third-order valence-corrected chi connectivity index (χ3v) is 6.41. The fraction of sp³-hybridized carbons (Fsp3) is 0.200. The Balaban J connectivity index is 1.83. The minimum atomic E-state index is -4.78. The lowest BCUT2D eigenvalue weighted by Crippen LogP contribution is -2.16. The number of thioether (sulfide) groups is 1. The number of carbonyl (C=O) groups excluding carboxylic acids is 1. The largest absolute Gasteiger partial charge is 0.573 e. The smallest absolute Gasteiger partial charge is 0.406 e. The molecular formula is C20H14Cl2F3N3O2S. The summed E-state index contributed by atoms with van der Waals surface area (Å²) < 4.78 is 42.9. The molecule has 1 amide bonds. The lowest BCUT2D eigenvalue weighted by Gasteiger charge is -2.18. The van der Waals surface area contributed by atoms with Crippen molar-refractivity contribution >= 4 is 46.7 Å². The van der Waals surface area contributed by atoms with Gasteiger partial charge < -0.3 is 10.1 Å². The van der Waals surface area contributed by atoms with Crippen molar-refractivity contribution in [3.8, 4) is 17.0 Å². The molecule has 0 radical (unpaired) electrons. The van der Waals surface area contributed by atoms with Gasteiger partial charge in [-0.25, -0.2) is 0 Å². The number of alkyl halides is 3. The molecule has 0 saturated carbocycles. The van der Waals surface area contributed by atoms with Crippen LogP contribution in [0.2, 0.25) is 10.0 Å². The average molecular weight is 488 g/mol. The maximum atomic E-state index is 12.5. The predicted molar refractivity (Wildman–Crippen MR) is 115 cm³/mol. The molecule has 31 heavy (non-hydrogen) atoms. The van der Waals surface area contributed by atoms with Crippen LogP contribution in [0.4, 0.5) is 19.0 Å². The van der Waals surface area contributed by atoms with E-state index in [-0.39, 0.29) is 22.7 Å². The molecule has 0 spiro atoms. The summed E-state index contributed by atoms with van der Waals surface area (Å²) in [6.45, 7) is 0. The van der Waals surface area contributed by atoms with Crippen molar-refractivity contribution in [2.24, 2.45) is 7.05 Å². The summed E-state index contributed by atoms with van der Waals surface area (Å²) in [6, 6.07) is 10.5. The van der Waals surface area contributed by atoms with E-state index in [9.17, 15) is 18.0 Å². The van der Waals surface area contributed by atoms with Gasteiger partial charge in [0, 0.05) is 28.2 Å². The summed E-state index contributed by atoms with van der Waals surface area (Å²) in [4.78, 5) is 12.3. The number of benzene rings is 2. The summed E-state index contributed by atoms with van der Waals surface area (Å²) in [7, 11) is 1.68. The molecule has 1 atom stereocenters. The predicted octanol–water partition coefficient (Wildman–Crippen LogP) is 6.07. The Morgan fingerprint density at radius 3 is 2.55 bits per heavy atom. The van der Waals surface area contributed by atoms with Gasteiger partial charge in [-0.05, 0) is 42.0 Å². The van der Waals surface area contributed by atoms with E-state index in [2.05, 4.69) is 15.2 Å². The second kappa shape index (κ2) is 8.29. The van der Waals surface area contributed by atoms with E-state index in [1.54, 1.807) is 25.2 Å². The van der Waals surface area contributed by atoms with Gasteiger partial charge in [-0.15, -0.1) is 24.9 Å².